The van der Waals surface area contributed by atoms with E-state index < -0.39 is 47.3 Å². The van der Waals surface area contributed by atoms with Crippen molar-refractivity contribution in [2.75, 3.05) is 30.4 Å². The molecule has 0 bridgehead atoms. The summed E-state index contributed by atoms with van der Waals surface area (Å²) in [7, 11) is -2.91. The largest absolute Gasteiger partial charge is 0.490 e. The molecule has 0 spiro atoms. The molecule has 0 atom stereocenters. The minimum Gasteiger partial charge on any atom is -0.490 e. The summed E-state index contributed by atoms with van der Waals surface area (Å²) in [6, 6.07) is 8.44. The first kappa shape index (κ1) is 32.1. The molecule has 0 aliphatic carbocycles. The Labute approximate surface area is 262 Å². The molecule has 1 saturated heterocycles. The van der Waals surface area contributed by atoms with Crippen LogP contribution in [0.3, 0.4) is 0 Å². The highest BCUT2D eigenvalue weighted by Gasteiger charge is 2.41. The number of methoxy groups -OCH3 is 1. The van der Waals surface area contributed by atoms with Gasteiger partial charge in [-0.05, 0) is 70.0 Å². The quantitative estimate of drug-likeness (QED) is 0.112. The number of hydrogen-bond acceptors (Lipinski definition) is 11. The van der Waals surface area contributed by atoms with Crippen LogP contribution in [0.25, 0.3) is 0 Å². The van der Waals surface area contributed by atoms with Crippen LogP contribution in [-0.2, 0) is 14.6 Å². The van der Waals surface area contributed by atoms with Crippen molar-refractivity contribution in [3.05, 3.63) is 75.5 Å². The number of piperidine rings is 1. The number of benzene rings is 2. The Morgan fingerprint density at radius 1 is 1.11 bits per heavy atom. The van der Waals surface area contributed by atoms with Crippen LogP contribution in [0.2, 0.25) is 0 Å². The second-order valence-electron chi connectivity index (χ2n) is 10.9. The van der Waals surface area contributed by atoms with Crippen molar-refractivity contribution in [1.29, 1.82) is 0 Å². The van der Waals surface area contributed by atoms with Gasteiger partial charge in [0.25, 0.3) is 0 Å². The van der Waals surface area contributed by atoms with E-state index in [1.165, 1.54) is 39.2 Å². The lowest BCUT2D eigenvalue weighted by molar-refractivity contribution is -0.387. The molecule has 0 unspecified atom stereocenters. The monoisotopic (exact) mass is 659 g/mol. The van der Waals surface area contributed by atoms with Gasteiger partial charge >= 0.3 is 5.69 Å². The number of nitrogens with zero attached hydrogens (tertiary/aromatic N) is 5. The molecule has 0 saturated carbocycles. The fourth-order valence-electron chi connectivity index (χ4n) is 5.06. The summed E-state index contributed by atoms with van der Waals surface area (Å²) in [6.07, 6.45) is 3.03. The standard InChI is InChI=1S/C29H31F2N7O5S2/c1-17-15-23(36-35-17)32-26-25(43-4)27(37-13-6-5-7-14-37)34-28(33-26)44-22-12-11-18(16-20(22)30)45(41,42)29(2,3)19-9-8-10-21(24(19)31)38(39)40/h8-12,15-16H,5-7,13-14H2,1-4H3,(H2,32,33,34,35,36). The molecule has 0 amide bonds. The number of ether oxygens (including phenoxy) is 1. The molecule has 1 aliphatic rings. The van der Waals surface area contributed by atoms with Gasteiger partial charge in [-0.25, -0.2) is 22.8 Å². The SMILES string of the molecule is COc1c(Nc2cc(C)[nH]n2)nc(Sc2ccc(S(=O)(=O)C(C)(C)c3cccc([N+](=O)[O-])c3F)cc2F)nc1N1CCCCC1. The summed E-state index contributed by atoms with van der Waals surface area (Å²) in [5.41, 5.74) is -0.433. The van der Waals surface area contributed by atoms with E-state index in [1.54, 1.807) is 6.07 Å². The molecule has 3 heterocycles. The second kappa shape index (κ2) is 12.6. The van der Waals surface area contributed by atoms with E-state index in [-0.39, 0.29) is 10.1 Å². The summed E-state index contributed by atoms with van der Waals surface area (Å²) in [6.45, 7) is 5.78. The molecule has 5 rings (SSSR count). The maximum absolute atomic E-state index is 15.6. The van der Waals surface area contributed by atoms with Crippen LogP contribution in [0.15, 0.2) is 57.4 Å². The number of nitrogens with one attached hydrogen (secondary N) is 2. The van der Waals surface area contributed by atoms with E-state index >= 15 is 8.78 Å². The summed E-state index contributed by atoms with van der Waals surface area (Å²) in [5, 5.41) is 21.6. The Balaban J connectivity index is 1.50. The molecule has 2 aromatic heterocycles. The molecule has 1 aliphatic heterocycles. The highest BCUT2D eigenvalue weighted by molar-refractivity contribution is 7.99. The number of H-pyrrole nitrogens is 1. The van der Waals surface area contributed by atoms with Crippen molar-refractivity contribution in [3.8, 4) is 5.75 Å². The lowest BCUT2D eigenvalue weighted by Crippen LogP contribution is -2.31. The zero-order valence-corrected chi connectivity index (χ0v) is 26.6. The average molecular weight is 660 g/mol. The number of rotatable bonds is 10. The molecule has 16 heteroatoms. The van der Waals surface area contributed by atoms with Crippen LogP contribution in [-0.4, -0.2) is 53.7 Å². The minimum atomic E-state index is -4.42. The minimum absolute atomic E-state index is 0.0459. The Kier molecular flexibility index (Phi) is 8.98. The van der Waals surface area contributed by atoms with Crippen LogP contribution < -0.4 is 15.0 Å². The fraction of sp³-hybridized carbons (Fsp3) is 0.345. The molecular formula is C29H31F2N7O5S2. The van der Waals surface area contributed by atoms with E-state index in [9.17, 15) is 18.5 Å². The zero-order chi connectivity index (χ0) is 32.5. The van der Waals surface area contributed by atoms with Crippen LogP contribution in [0.1, 0.15) is 44.4 Å². The van der Waals surface area contributed by atoms with Crippen LogP contribution >= 0.6 is 11.8 Å². The van der Waals surface area contributed by atoms with Crippen molar-refractivity contribution in [1.82, 2.24) is 20.2 Å². The molecule has 2 aromatic carbocycles. The third-order valence-electron chi connectivity index (χ3n) is 7.55. The summed E-state index contributed by atoms with van der Waals surface area (Å²) in [5.74, 6) is -0.382. The number of aromatic nitrogens is 4. The van der Waals surface area contributed by atoms with Gasteiger partial charge < -0.3 is 15.0 Å². The van der Waals surface area contributed by atoms with Gasteiger partial charge in [0.05, 0.1) is 26.6 Å². The summed E-state index contributed by atoms with van der Waals surface area (Å²) < 4.78 is 61.7. The maximum atomic E-state index is 15.6. The van der Waals surface area contributed by atoms with Gasteiger partial charge in [0.2, 0.25) is 11.6 Å². The van der Waals surface area contributed by atoms with E-state index in [2.05, 4.69) is 25.4 Å². The molecule has 238 valence electrons. The molecule has 0 radical (unpaired) electrons. The lowest BCUT2D eigenvalue weighted by Gasteiger charge is -2.29. The van der Waals surface area contributed by atoms with Crippen molar-refractivity contribution < 1.29 is 26.9 Å². The van der Waals surface area contributed by atoms with Gasteiger partial charge in [-0.15, -0.1) is 0 Å². The molecule has 2 N–H and O–H groups in total. The lowest BCUT2D eigenvalue weighted by atomic mass is 10.0. The van der Waals surface area contributed by atoms with E-state index in [0.29, 0.717) is 23.2 Å². The van der Waals surface area contributed by atoms with Crippen LogP contribution in [0, 0.1) is 28.7 Å². The Bertz CT molecular complexity index is 1860. The van der Waals surface area contributed by atoms with E-state index in [4.69, 9.17) is 9.72 Å². The second-order valence-corrected chi connectivity index (χ2v) is 14.4. The van der Waals surface area contributed by atoms with Gasteiger partial charge in [0, 0.05) is 36.5 Å². The maximum Gasteiger partial charge on any atom is 0.305 e. The first-order valence-corrected chi connectivity index (χ1v) is 16.3. The average Bonchev–Trinajstić information content (AvgIpc) is 3.42. The predicted octanol–water partition coefficient (Wildman–Crippen LogP) is 6.30. The fourth-order valence-corrected chi connectivity index (χ4v) is 7.36. The van der Waals surface area contributed by atoms with Crippen molar-refractivity contribution in [2.24, 2.45) is 0 Å². The smallest absolute Gasteiger partial charge is 0.305 e. The number of sulfone groups is 1. The number of halogens is 2. The molecular weight excluding hydrogens is 628 g/mol. The van der Waals surface area contributed by atoms with E-state index in [0.717, 1.165) is 68.0 Å². The van der Waals surface area contributed by atoms with Crippen LogP contribution in [0.5, 0.6) is 5.75 Å². The van der Waals surface area contributed by atoms with Crippen molar-refractivity contribution in [2.45, 2.75) is 59.7 Å². The number of aromatic amines is 1. The van der Waals surface area contributed by atoms with Gasteiger partial charge in [-0.2, -0.15) is 9.49 Å². The predicted molar refractivity (Wildman–Crippen MR) is 165 cm³/mol. The summed E-state index contributed by atoms with van der Waals surface area (Å²) in [4.78, 5) is 21.3. The topological polar surface area (TPSA) is 156 Å². The van der Waals surface area contributed by atoms with Gasteiger partial charge in [0.1, 0.15) is 5.82 Å². The van der Waals surface area contributed by atoms with Gasteiger partial charge in [-0.1, -0.05) is 12.1 Å². The third kappa shape index (κ3) is 6.29. The zero-order valence-electron chi connectivity index (χ0n) is 24.9. The van der Waals surface area contributed by atoms with Gasteiger partial charge in [-0.3, -0.25) is 15.2 Å². The number of hydrogen-bond donors (Lipinski definition) is 2. The third-order valence-corrected chi connectivity index (χ3v) is 10.9. The molecule has 1 fully saturated rings. The number of anilines is 3. The summed E-state index contributed by atoms with van der Waals surface area (Å²) >= 11 is 0.895. The number of aryl methyl sites for hydroxylation is 1. The van der Waals surface area contributed by atoms with Gasteiger partial charge in [0.15, 0.2) is 32.4 Å². The highest BCUT2D eigenvalue weighted by atomic mass is 32.2. The molecule has 4 aromatic rings. The first-order valence-electron chi connectivity index (χ1n) is 14.0. The highest BCUT2D eigenvalue weighted by Crippen LogP contribution is 2.42. The van der Waals surface area contributed by atoms with Crippen LogP contribution in [0.4, 0.5) is 31.9 Å². The van der Waals surface area contributed by atoms with E-state index in [1.807, 2.05) is 6.92 Å². The number of nitro groups is 1. The molecule has 45 heavy (non-hydrogen) atoms. The normalized spacial score (nSPS) is 14.0. The Morgan fingerprint density at radius 2 is 1.84 bits per heavy atom. The van der Waals surface area contributed by atoms with Crippen molar-refractivity contribution in [3.63, 3.8) is 0 Å². The number of nitro benzene ring substituents is 1. The Morgan fingerprint density at radius 3 is 2.47 bits per heavy atom. The Hall–Kier alpha value is -4.31. The molecule has 12 nitrogen and oxygen atoms in total. The first-order chi connectivity index (χ1) is 21.3. The van der Waals surface area contributed by atoms with Crippen molar-refractivity contribution >= 4 is 44.7 Å².